The SMILES string of the molecule is CC(C)c1ccc2c(c1)N(CCC#N)CC(C(C)C)O2. The van der Waals surface area contributed by atoms with E-state index in [4.69, 9.17) is 10.00 Å². The summed E-state index contributed by atoms with van der Waals surface area (Å²) < 4.78 is 6.11. The van der Waals surface area contributed by atoms with Gasteiger partial charge in [-0.25, -0.2) is 0 Å². The van der Waals surface area contributed by atoms with Crippen LogP contribution in [0.3, 0.4) is 0 Å². The molecule has 3 nitrogen and oxygen atoms in total. The molecule has 2 rings (SSSR count). The lowest BCUT2D eigenvalue weighted by Crippen LogP contribution is -2.43. The van der Waals surface area contributed by atoms with Gasteiger partial charge in [-0.1, -0.05) is 33.8 Å². The second-order valence-electron chi connectivity index (χ2n) is 6.14. The average molecular weight is 272 g/mol. The molecule has 0 spiro atoms. The van der Waals surface area contributed by atoms with E-state index in [2.05, 4.69) is 56.9 Å². The van der Waals surface area contributed by atoms with Gasteiger partial charge < -0.3 is 9.64 Å². The van der Waals surface area contributed by atoms with Crippen molar-refractivity contribution in [3.63, 3.8) is 0 Å². The van der Waals surface area contributed by atoms with Gasteiger partial charge in [0, 0.05) is 6.54 Å². The molecule has 20 heavy (non-hydrogen) atoms. The van der Waals surface area contributed by atoms with Gasteiger partial charge in [0.1, 0.15) is 11.9 Å². The molecule has 0 radical (unpaired) electrons. The minimum Gasteiger partial charge on any atom is -0.486 e. The molecule has 1 unspecified atom stereocenters. The van der Waals surface area contributed by atoms with Crippen molar-refractivity contribution in [2.45, 2.75) is 46.1 Å². The number of rotatable bonds is 4. The zero-order chi connectivity index (χ0) is 14.7. The van der Waals surface area contributed by atoms with Crippen molar-refractivity contribution in [2.24, 2.45) is 5.92 Å². The number of benzene rings is 1. The molecule has 0 fully saturated rings. The molecule has 0 aliphatic carbocycles. The van der Waals surface area contributed by atoms with E-state index in [-0.39, 0.29) is 6.10 Å². The first-order valence-corrected chi connectivity index (χ1v) is 7.45. The molecule has 0 saturated carbocycles. The van der Waals surface area contributed by atoms with Gasteiger partial charge in [0.2, 0.25) is 0 Å². The van der Waals surface area contributed by atoms with Gasteiger partial charge in [-0.3, -0.25) is 0 Å². The van der Waals surface area contributed by atoms with Gasteiger partial charge in [-0.2, -0.15) is 5.26 Å². The van der Waals surface area contributed by atoms with Gasteiger partial charge in [-0.15, -0.1) is 0 Å². The Morgan fingerprint density at radius 3 is 2.70 bits per heavy atom. The van der Waals surface area contributed by atoms with Gasteiger partial charge in [-0.05, 0) is 29.5 Å². The predicted molar refractivity (Wildman–Crippen MR) is 82.2 cm³/mol. The second-order valence-corrected chi connectivity index (χ2v) is 6.14. The number of anilines is 1. The predicted octanol–water partition coefficient (Wildman–Crippen LogP) is 3.95. The maximum Gasteiger partial charge on any atom is 0.143 e. The van der Waals surface area contributed by atoms with Gasteiger partial charge in [0.25, 0.3) is 0 Å². The molecule has 1 aromatic rings. The molecular weight excluding hydrogens is 248 g/mol. The molecule has 1 heterocycles. The highest BCUT2D eigenvalue weighted by Gasteiger charge is 2.27. The van der Waals surface area contributed by atoms with Crippen LogP contribution in [0.25, 0.3) is 0 Å². The van der Waals surface area contributed by atoms with Crippen LogP contribution < -0.4 is 9.64 Å². The summed E-state index contributed by atoms with van der Waals surface area (Å²) >= 11 is 0. The number of fused-ring (bicyclic) bond motifs is 1. The number of hydrogen-bond donors (Lipinski definition) is 0. The Morgan fingerprint density at radius 2 is 2.10 bits per heavy atom. The fraction of sp³-hybridized carbons (Fsp3) is 0.588. The molecule has 0 amide bonds. The van der Waals surface area contributed by atoms with Gasteiger partial charge in [0.05, 0.1) is 24.7 Å². The minimum absolute atomic E-state index is 0.200. The molecule has 108 valence electrons. The average Bonchev–Trinajstić information content (AvgIpc) is 2.43. The maximum atomic E-state index is 8.85. The Morgan fingerprint density at radius 1 is 1.35 bits per heavy atom. The Hall–Kier alpha value is -1.69. The largest absolute Gasteiger partial charge is 0.486 e. The summed E-state index contributed by atoms with van der Waals surface area (Å²) in [6, 6.07) is 8.69. The first-order valence-electron chi connectivity index (χ1n) is 7.45. The Labute approximate surface area is 122 Å². The summed E-state index contributed by atoms with van der Waals surface area (Å²) in [5, 5.41) is 8.85. The van der Waals surface area contributed by atoms with E-state index in [0.29, 0.717) is 18.3 Å². The summed E-state index contributed by atoms with van der Waals surface area (Å²) in [6.45, 7) is 10.4. The molecule has 1 atom stereocenters. The third-order valence-corrected chi connectivity index (χ3v) is 3.91. The van der Waals surface area contributed by atoms with Crippen LogP contribution >= 0.6 is 0 Å². The molecule has 1 aromatic carbocycles. The van der Waals surface area contributed by atoms with E-state index in [1.54, 1.807) is 0 Å². The lowest BCUT2D eigenvalue weighted by molar-refractivity contribution is 0.146. The number of ether oxygens (including phenoxy) is 1. The fourth-order valence-corrected chi connectivity index (χ4v) is 2.50. The lowest BCUT2D eigenvalue weighted by atomic mass is 9.99. The van der Waals surface area contributed by atoms with Crippen LogP contribution in [0, 0.1) is 17.2 Å². The molecule has 0 saturated heterocycles. The van der Waals surface area contributed by atoms with Gasteiger partial charge in [0.15, 0.2) is 0 Å². The molecule has 0 bridgehead atoms. The van der Waals surface area contributed by atoms with Gasteiger partial charge >= 0.3 is 0 Å². The highest BCUT2D eigenvalue weighted by Crippen LogP contribution is 2.37. The smallest absolute Gasteiger partial charge is 0.143 e. The summed E-state index contributed by atoms with van der Waals surface area (Å²) in [5.41, 5.74) is 2.46. The lowest BCUT2D eigenvalue weighted by Gasteiger charge is -2.38. The zero-order valence-electron chi connectivity index (χ0n) is 12.9. The van der Waals surface area contributed by atoms with Crippen LogP contribution in [0.2, 0.25) is 0 Å². The second kappa shape index (κ2) is 6.17. The van der Waals surface area contributed by atoms with E-state index >= 15 is 0 Å². The van der Waals surface area contributed by atoms with Crippen LogP contribution in [0.1, 0.15) is 45.6 Å². The Balaban J connectivity index is 2.33. The quantitative estimate of drug-likeness (QED) is 0.832. The molecule has 0 aromatic heterocycles. The highest BCUT2D eigenvalue weighted by molar-refractivity contribution is 5.62. The van der Waals surface area contributed by atoms with E-state index in [9.17, 15) is 0 Å². The van der Waals surface area contributed by atoms with Crippen LogP contribution in [-0.2, 0) is 0 Å². The standard InChI is InChI=1S/C17H24N2O/c1-12(2)14-6-7-16-15(10-14)19(9-5-8-18)11-17(20-16)13(3)4/h6-7,10,12-13,17H,5,9,11H2,1-4H3. The third kappa shape index (κ3) is 3.07. The summed E-state index contributed by atoms with van der Waals surface area (Å²) in [4.78, 5) is 2.30. The third-order valence-electron chi connectivity index (χ3n) is 3.91. The van der Waals surface area contributed by atoms with E-state index in [1.807, 2.05) is 0 Å². The number of nitriles is 1. The van der Waals surface area contributed by atoms with E-state index in [1.165, 1.54) is 5.56 Å². The maximum absolute atomic E-state index is 8.85. The van der Waals surface area contributed by atoms with Crippen LogP contribution in [-0.4, -0.2) is 19.2 Å². The molecule has 0 N–H and O–H groups in total. The fourth-order valence-electron chi connectivity index (χ4n) is 2.50. The normalized spacial score (nSPS) is 17.9. The highest BCUT2D eigenvalue weighted by atomic mass is 16.5. The van der Waals surface area contributed by atoms with Crippen molar-refractivity contribution < 1.29 is 4.74 Å². The number of hydrogen-bond acceptors (Lipinski definition) is 3. The first kappa shape index (κ1) is 14.7. The monoisotopic (exact) mass is 272 g/mol. The van der Waals surface area contributed by atoms with Crippen LogP contribution in [0.5, 0.6) is 5.75 Å². The first-order chi connectivity index (χ1) is 9.52. The minimum atomic E-state index is 0.200. The molecule has 1 aliphatic heterocycles. The van der Waals surface area contributed by atoms with E-state index in [0.717, 1.165) is 24.5 Å². The number of nitrogens with zero attached hydrogens (tertiary/aromatic N) is 2. The Bertz CT molecular complexity index is 502. The van der Waals surface area contributed by atoms with Crippen molar-refractivity contribution in [3.05, 3.63) is 23.8 Å². The molecular formula is C17H24N2O. The summed E-state index contributed by atoms with van der Waals surface area (Å²) in [6.07, 6.45) is 0.752. The Kier molecular flexibility index (Phi) is 4.54. The van der Waals surface area contributed by atoms with Crippen LogP contribution in [0.4, 0.5) is 5.69 Å². The van der Waals surface area contributed by atoms with Crippen molar-refractivity contribution in [1.82, 2.24) is 0 Å². The zero-order valence-corrected chi connectivity index (χ0v) is 12.9. The van der Waals surface area contributed by atoms with E-state index < -0.39 is 0 Å². The molecule has 1 aliphatic rings. The summed E-state index contributed by atoms with van der Waals surface area (Å²) in [7, 11) is 0. The van der Waals surface area contributed by atoms with Crippen molar-refractivity contribution >= 4 is 5.69 Å². The van der Waals surface area contributed by atoms with Crippen molar-refractivity contribution in [1.29, 1.82) is 5.26 Å². The van der Waals surface area contributed by atoms with Crippen molar-refractivity contribution in [3.8, 4) is 11.8 Å². The molecule has 3 heteroatoms. The van der Waals surface area contributed by atoms with Crippen LogP contribution in [0.15, 0.2) is 18.2 Å². The topological polar surface area (TPSA) is 36.3 Å². The summed E-state index contributed by atoms with van der Waals surface area (Å²) in [5.74, 6) is 1.93. The van der Waals surface area contributed by atoms with Crippen molar-refractivity contribution in [2.75, 3.05) is 18.0 Å².